The fourth-order valence-corrected chi connectivity index (χ4v) is 2.65. The van der Waals surface area contributed by atoms with E-state index >= 15 is 0 Å². The summed E-state index contributed by atoms with van der Waals surface area (Å²) in [6, 6.07) is 0. The van der Waals surface area contributed by atoms with E-state index in [-0.39, 0.29) is 5.91 Å². The Kier molecular flexibility index (Phi) is 5.66. The number of carbonyl (C=O) groups is 2. The van der Waals surface area contributed by atoms with Gasteiger partial charge >= 0.3 is 5.97 Å². The number of aryl methyl sites for hydroxylation is 1. The maximum absolute atomic E-state index is 12.6. The number of aromatic nitrogens is 2. The number of nitrogens with zero attached hydrogens (tertiary/aromatic N) is 2. The number of carbonyl (C=O) groups excluding carboxylic acids is 2. The maximum Gasteiger partial charge on any atom is 0.359 e. The fourth-order valence-electron chi connectivity index (χ4n) is 2.65. The second-order valence-corrected chi connectivity index (χ2v) is 6.94. The van der Waals surface area contributed by atoms with E-state index in [1.54, 1.807) is 0 Å². The molecule has 1 aliphatic heterocycles. The number of imidazole rings is 1. The van der Waals surface area contributed by atoms with Gasteiger partial charge in [0.25, 0.3) is 0 Å². The van der Waals surface area contributed by atoms with Crippen molar-refractivity contribution in [3.63, 3.8) is 0 Å². The third kappa shape index (κ3) is 4.60. The molecule has 0 atom stereocenters. The van der Waals surface area contributed by atoms with Crippen LogP contribution in [0.5, 0.6) is 0 Å². The van der Waals surface area contributed by atoms with Gasteiger partial charge in [-0.1, -0.05) is 0 Å². The number of rotatable bonds is 5. The molecule has 1 amide bonds. The van der Waals surface area contributed by atoms with Crippen LogP contribution >= 0.6 is 0 Å². The largest absolute Gasteiger partial charge is 0.455 e. The molecular weight excluding hydrogens is 306 g/mol. The first-order valence-electron chi connectivity index (χ1n) is 8.38. The van der Waals surface area contributed by atoms with Gasteiger partial charge in [0.05, 0.1) is 0 Å². The Morgan fingerprint density at radius 1 is 1.38 bits per heavy atom. The van der Waals surface area contributed by atoms with Crippen LogP contribution in [-0.4, -0.2) is 27.0 Å². The van der Waals surface area contributed by atoms with Gasteiger partial charge in [-0.25, -0.2) is 9.78 Å². The molecule has 0 fully saturated rings. The van der Waals surface area contributed by atoms with E-state index in [0.717, 1.165) is 25.1 Å². The molecule has 6 nitrogen and oxygen atoms in total. The molecule has 1 aromatic heterocycles. The number of amides is 1. The van der Waals surface area contributed by atoms with Gasteiger partial charge in [0.1, 0.15) is 11.4 Å². The van der Waals surface area contributed by atoms with Crippen molar-refractivity contribution in [2.75, 3.05) is 5.32 Å². The summed E-state index contributed by atoms with van der Waals surface area (Å²) in [5.41, 5.74) is -0.269. The smallest absolute Gasteiger partial charge is 0.359 e. The van der Waals surface area contributed by atoms with Crippen LogP contribution < -0.4 is 5.32 Å². The highest BCUT2D eigenvalue weighted by Crippen LogP contribution is 2.25. The number of hydrogen-bond donors (Lipinski definition) is 1. The first-order valence-corrected chi connectivity index (χ1v) is 8.38. The summed E-state index contributed by atoms with van der Waals surface area (Å²) in [7, 11) is 0. The average molecular weight is 331 g/mol. The lowest BCUT2D eigenvalue weighted by Crippen LogP contribution is -2.27. The third-order valence-corrected chi connectivity index (χ3v) is 3.65. The van der Waals surface area contributed by atoms with E-state index in [1.807, 2.05) is 25.3 Å². The summed E-state index contributed by atoms with van der Waals surface area (Å²) >= 11 is 0. The number of anilines is 1. The first kappa shape index (κ1) is 18.1. The summed E-state index contributed by atoms with van der Waals surface area (Å²) in [5, 5.41) is 2.75. The van der Waals surface area contributed by atoms with Gasteiger partial charge in [-0.05, 0) is 40.0 Å². The van der Waals surface area contributed by atoms with Crippen molar-refractivity contribution in [2.45, 2.75) is 71.4 Å². The molecule has 0 bridgehead atoms. The average Bonchev–Trinajstić information content (AvgIpc) is 2.83. The highest BCUT2D eigenvalue weighted by molar-refractivity contribution is 5.99. The minimum atomic E-state index is -0.607. The standard InChI is InChI=1S/C18H25N3O3/c1-5-6-7-11-14(22)20-16-15(17(23)24-18(2,3)4)21-12-9-8-10-13(21)19-16/h1H,6-12H2,2-4H3,(H,20,22). The minimum absolute atomic E-state index is 0.189. The molecular formula is C18H25N3O3. The van der Waals surface area contributed by atoms with Crippen LogP contribution in [-0.2, 0) is 22.5 Å². The van der Waals surface area contributed by atoms with Crippen molar-refractivity contribution in [1.29, 1.82) is 0 Å². The van der Waals surface area contributed by atoms with Crippen molar-refractivity contribution in [1.82, 2.24) is 9.55 Å². The number of ether oxygens (including phenoxy) is 1. The molecule has 1 N–H and O–H groups in total. The van der Waals surface area contributed by atoms with Crippen LogP contribution in [0.2, 0.25) is 0 Å². The van der Waals surface area contributed by atoms with Gasteiger partial charge in [0.15, 0.2) is 11.5 Å². The molecule has 2 heterocycles. The topological polar surface area (TPSA) is 73.2 Å². The molecule has 0 aromatic carbocycles. The summed E-state index contributed by atoms with van der Waals surface area (Å²) in [4.78, 5) is 29.1. The van der Waals surface area contributed by atoms with E-state index in [2.05, 4.69) is 16.2 Å². The molecule has 24 heavy (non-hydrogen) atoms. The lowest BCUT2D eigenvalue weighted by atomic mass is 10.1. The van der Waals surface area contributed by atoms with Crippen LogP contribution in [0, 0.1) is 12.3 Å². The Bertz CT molecular complexity index is 662. The lowest BCUT2D eigenvalue weighted by Gasteiger charge is -2.21. The fraction of sp³-hybridized carbons (Fsp3) is 0.611. The Balaban J connectivity index is 2.23. The molecule has 0 aliphatic carbocycles. The zero-order valence-electron chi connectivity index (χ0n) is 14.6. The third-order valence-electron chi connectivity index (χ3n) is 3.65. The van der Waals surface area contributed by atoms with Crippen LogP contribution in [0.1, 0.15) is 69.2 Å². The molecule has 0 saturated heterocycles. The Morgan fingerprint density at radius 2 is 2.12 bits per heavy atom. The quantitative estimate of drug-likeness (QED) is 0.511. The van der Waals surface area contributed by atoms with E-state index in [0.29, 0.717) is 37.3 Å². The van der Waals surface area contributed by atoms with Crippen molar-refractivity contribution >= 4 is 17.7 Å². The Hall–Kier alpha value is -2.29. The number of terminal acetylenes is 1. The Morgan fingerprint density at radius 3 is 2.79 bits per heavy atom. The molecule has 0 saturated carbocycles. The summed E-state index contributed by atoms with van der Waals surface area (Å²) in [5.74, 6) is 2.98. The number of fused-ring (bicyclic) bond motifs is 1. The zero-order chi connectivity index (χ0) is 17.7. The highest BCUT2D eigenvalue weighted by Gasteiger charge is 2.29. The van der Waals surface area contributed by atoms with Gasteiger partial charge in [0, 0.05) is 25.8 Å². The van der Waals surface area contributed by atoms with Crippen LogP contribution in [0.3, 0.4) is 0 Å². The van der Waals surface area contributed by atoms with E-state index < -0.39 is 11.6 Å². The van der Waals surface area contributed by atoms with E-state index in [1.165, 1.54) is 0 Å². The Labute approximate surface area is 143 Å². The monoisotopic (exact) mass is 331 g/mol. The van der Waals surface area contributed by atoms with Gasteiger partial charge in [-0.15, -0.1) is 12.3 Å². The number of esters is 1. The second-order valence-electron chi connectivity index (χ2n) is 6.94. The van der Waals surface area contributed by atoms with Gasteiger partial charge in [0.2, 0.25) is 5.91 Å². The van der Waals surface area contributed by atoms with Crippen LogP contribution in [0.4, 0.5) is 5.82 Å². The van der Waals surface area contributed by atoms with Crippen molar-refractivity contribution in [2.24, 2.45) is 0 Å². The number of hydrogen-bond acceptors (Lipinski definition) is 4. The second kappa shape index (κ2) is 7.52. The molecule has 2 rings (SSSR count). The zero-order valence-corrected chi connectivity index (χ0v) is 14.6. The minimum Gasteiger partial charge on any atom is -0.455 e. The molecule has 0 unspecified atom stereocenters. The number of unbranched alkanes of at least 4 members (excludes halogenated alkanes) is 1. The first-order chi connectivity index (χ1) is 11.3. The normalized spacial score (nSPS) is 13.8. The van der Waals surface area contributed by atoms with E-state index in [4.69, 9.17) is 11.2 Å². The maximum atomic E-state index is 12.6. The molecule has 1 aromatic rings. The summed E-state index contributed by atoms with van der Waals surface area (Å²) in [6.07, 6.45) is 9.46. The van der Waals surface area contributed by atoms with Crippen molar-refractivity contribution < 1.29 is 14.3 Å². The van der Waals surface area contributed by atoms with Crippen LogP contribution in [0.15, 0.2) is 0 Å². The summed E-state index contributed by atoms with van der Waals surface area (Å²) in [6.45, 7) is 6.16. The van der Waals surface area contributed by atoms with Crippen molar-refractivity contribution in [3.8, 4) is 12.3 Å². The molecule has 6 heteroatoms. The van der Waals surface area contributed by atoms with Gasteiger partial charge in [-0.3, -0.25) is 4.79 Å². The predicted molar refractivity (Wildman–Crippen MR) is 91.6 cm³/mol. The van der Waals surface area contributed by atoms with E-state index in [9.17, 15) is 9.59 Å². The number of nitrogens with one attached hydrogen (secondary N) is 1. The summed E-state index contributed by atoms with van der Waals surface area (Å²) < 4.78 is 7.36. The molecule has 0 spiro atoms. The highest BCUT2D eigenvalue weighted by atomic mass is 16.6. The van der Waals surface area contributed by atoms with Gasteiger partial charge in [-0.2, -0.15) is 0 Å². The van der Waals surface area contributed by atoms with Crippen molar-refractivity contribution in [3.05, 3.63) is 11.5 Å². The molecule has 130 valence electrons. The lowest BCUT2D eigenvalue weighted by molar-refractivity contribution is -0.116. The molecule has 0 radical (unpaired) electrons. The molecule has 1 aliphatic rings. The predicted octanol–water partition coefficient (Wildman–Crippen LogP) is 2.92. The van der Waals surface area contributed by atoms with Gasteiger partial charge < -0.3 is 14.6 Å². The SMILES string of the molecule is C#CCCCC(=O)Nc1nc2n(c1C(=O)OC(C)(C)C)CCCC2. The van der Waals surface area contributed by atoms with Crippen LogP contribution in [0.25, 0.3) is 0 Å².